The van der Waals surface area contributed by atoms with Crippen molar-refractivity contribution in [3.63, 3.8) is 0 Å². The molecule has 0 saturated carbocycles. The number of ether oxygens (including phenoxy) is 1. The fraction of sp³-hybridized carbons (Fsp3) is 0.389. The number of hydrogen-bond acceptors (Lipinski definition) is 5. The van der Waals surface area contributed by atoms with E-state index in [4.69, 9.17) is 4.74 Å². The summed E-state index contributed by atoms with van der Waals surface area (Å²) in [6.45, 7) is 7.60. The Hall–Kier alpha value is -2.08. The number of aliphatic imine (C=N–C) groups is 1. The van der Waals surface area contributed by atoms with Crippen molar-refractivity contribution in [2.45, 2.75) is 38.5 Å². The van der Waals surface area contributed by atoms with Gasteiger partial charge < -0.3 is 4.74 Å². The topological polar surface area (TPSA) is 59.0 Å². The van der Waals surface area contributed by atoms with Crippen LogP contribution in [0.25, 0.3) is 0 Å². The van der Waals surface area contributed by atoms with E-state index in [-0.39, 0.29) is 12.5 Å². The number of rotatable bonds is 3. The molecule has 1 aromatic carbocycles. The van der Waals surface area contributed by atoms with E-state index < -0.39 is 16.8 Å². The number of hydrogen-bond donors (Lipinski definition) is 0. The largest absolute Gasteiger partial charge is 0.463 e. The van der Waals surface area contributed by atoms with Crippen LogP contribution in [0.5, 0.6) is 0 Å². The van der Waals surface area contributed by atoms with Crippen LogP contribution in [0.1, 0.15) is 39.3 Å². The van der Waals surface area contributed by atoms with E-state index in [1.54, 1.807) is 18.7 Å². The molecular formula is C18H20N2O3S. The Labute approximate surface area is 145 Å². The number of esters is 1. The van der Waals surface area contributed by atoms with Crippen LogP contribution in [0.2, 0.25) is 0 Å². The van der Waals surface area contributed by atoms with Crippen LogP contribution in [0.15, 0.2) is 46.6 Å². The van der Waals surface area contributed by atoms with E-state index in [1.165, 1.54) is 11.8 Å². The maximum Gasteiger partial charge on any atom is 0.338 e. The van der Waals surface area contributed by atoms with Crippen molar-refractivity contribution in [2.75, 3.05) is 6.61 Å². The lowest BCUT2D eigenvalue weighted by atomic mass is 9.93. The van der Waals surface area contributed by atoms with Gasteiger partial charge in [0.1, 0.15) is 0 Å². The maximum atomic E-state index is 12.9. The molecule has 2 heterocycles. The van der Waals surface area contributed by atoms with Crippen LogP contribution in [0.3, 0.4) is 0 Å². The molecule has 2 aliphatic rings. The number of allylic oxidation sites excluding steroid dienone is 1. The van der Waals surface area contributed by atoms with E-state index in [2.05, 4.69) is 4.99 Å². The van der Waals surface area contributed by atoms with Crippen molar-refractivity contribution >= 4 is 28.8 Å². The molecule has 6 heteroatoms. The number of amides is 1. The molecule has 126 valence electrons. The fourth-order valence-corrected chi connectivity index (χ4v) is 4.06. The zero-order valence-electron chi connectivity index (χ0n) is 14.2. The van der Waals surface area contributed by atoms with E-state index in [0.29, 0.717) is 16.4 Å². The lowest BCUT2D eigenvalue weighted by Gasteiger charge is -2.33. The summed E-state index contributed by atoms with van der Waals surface area (Å²) >= 11 is 1.43. The van der Waals surface area contributed by atoms with Gasteiger partial charge in [-0.1, -0.05) is 42.1 Å². The van der Waals surface area contributed by atoms with E-state index in [0.717, 1.165) is 5.56 Å². The van der Waals surface area contributed by atoms with Gasteiger partial charge in [0.05, 0.1) is 28.7 Å². The predicted molar refractivity (Wildman–Crippen MR) is 94.5 cm³/mol. The Balaban J connectivity index is 2.16. The van der Waals surface area contributed by atoms with Gasteiger partial charge in [-0.05, 0) is 33.3 Å². The summed E-state index contributed by atoms with van der Waals surface area (Å²) in [6.07, 6.45) is 0. The number of fused-ring (bicyclic) bond motifs is 1. The fourth-order valence-electron chi connectivity index (χ4n) is 2.95. The quantitative estimate of drug-likeness (QED) is 0.790. The van der Waals surface area contributed by atoms with Gasteiger partial charge in [-0.3, -0.25) is 9.69 Å². The molecule has 1 saturated heterocycles. The number of nitrogens with zero attached hydrogens (tertiary/aromatic N) is 2. The Morgan fingerprint density at radius 1 is 1.33 bits per heavy atom. The summed E-state index contributed by atoms with van der Waals surface area (Å²) in [5.74, 6) is -0.469. The van der Waals surface area contributed by atoms with Crippen LogP contribution >= 0.6 is 11.8 Å². The van der Waals surface area contributed by atoms with Crippen molar-refractivity contribution in [1.82, 2.24) is 4.90 Å². The number of thioether (sulfide) groups is 1. The second-order valence-electron chi connectivity index (χ2n) is 6.21. The zero-order chi connectivity index (χ0) is 17.5. The molecule has 1 fully saturated rings. The predicted octanol–water partition coefficient (Wildman–Crippen LogP) is 3.29. The third kappa shape index (κ3) is 2.65. The average molecular weight is 344 g/mol. The van der Waals surface area contributed by atoms with Crippen LogP contribution in [-0.2, 0) is 14.3 Å². The van der Waals surface area contributed by atoms with E-state index in [9.17, 15) is 9.59 Å². The Kier molecular flexibility index (Phi) is 4.25. The molecule has 0 bridgehead atoms. The summed E-state index contributed by atoms with van der Waals surface area (Å²) in [4.78, 5) is 31.6. The lowest BCUT2D eigenvalue weighted by Crippen LogP contribution is -2.42. The molecule has 24 heavy (non-hydrogen) atoms. The summed E-state index contributed by atoms with van der Waals surface area (Å²) in [7, 11) is 0. The van der Waals surface area contributed by atoms with Crippen molar-refractivity contribution in [1.29, 1.82) is 0 Å². The molecular weight excluding hydrogens is 324 g/mol. The van der Waals surface area contributed by atoms with Crippen molar-refractivity contribution in [3.8, 4) is 0 Å². The molecule has 0 N–H and O–H groups in total. The average Bonchev–Trinajstić information content (AvgIpc) is 2.76. The molecule has 1 unspecified atom stereocenters. The molecule has 1 aromatic rings. The standard InChI is InChI=1S/C18H20N2O3S/c1-5-23-15(21)13-11(2)19-17-20(16(22)18(3,4)24-17)14(13)12-9-7-6-8-10-12/h6-10,14H,5H2,1-4H3. The number of carbonyl (C=O) groups is 2. The normalized spacial score (nSPS) is 22.3. The van der Waals surface area contributed by atoms with Gasteiger partial charge in [0, 0.05) is 0 Å². The first-order valence-corrected chi connectivity index (χ1v) is 8.72. The first-order valence-electron chi connectivity index (χ1n) is 7.91. The minimum absolute atomic E-state index is 0.0469. The molecule has 1 amide bonds. The monoisotopic (exact) mass is 344 g/mol. The molecule has 3 rings (SSSR count). The van der Waals surface area contributed by atoms with Crippen LogP contribution < -0.4 is 0 Å². The Bertz CT molecular complexity index is 753. The molecule has 1 atom stereocenters. The third-order valence-corrected chi connectivity index (χ3v) is 5.24. The molecule has 0 radical (unpaired) electrons. The highest BCUT2D eigenvalue weighted by molar-refractivity contribution is 8.16. The summed E-state index contributed by atoms with van der Waals surface area (Å²) in [6, 6.07) is 9.05. The first kappa shape index (κ1) is 16.8. The van der Waals surface area contributed by atoms with Gasteiger partial charge in [0.15, 0.2) is 5.17 Å². The number of carbonyl (C=O) groups excluding carboxylic acids is 2. The molecule has 0 aromatic heterocycles. The molecule has 5 nitrogen and oxygen atoms in total. The smallest absolute Gasteiger partial charge is 0.338 e. The van der Waals surface area contributed by atoms with Crippen LogP contribution in [0.4, 0.5) is 0 Å². The Morgan fingerprint density at radius 3 is 2.62 bits per heavy atom. The Morgan fingerprint density at radius 2 is 2.00 bits per heavy atom. The van der Waals surface area contributed by atoms with Gasteiger partial charge in [-0.15, -0.1) is 0 Å². The molecule has 2 aliphatic heterocycles. The second kappa shape index (κ2) is 6.09. The second-order valence-corrected chi connectivity index (χ2v) is 7.80. The summed E-state index contributed by atoms with van der Waals surface area (Å²) in [5.41, 5.74) is 1.91. The van der Waals surface area contributed by atoms with E-state index in [1.807, 2.05) is 44.2 Å². The van der Waals surface area contributed by atoms with Gasteiger partial charge in [-0.25, -0.2) is 9.79 Å². The SMILES string of the molecule is CCOC(=O)C1=C(C)N=C2SC(C)(C)C(=O)N2C1c1ccccc1. The molecule has 0 spiro atoms. The van der Waals surface area contributed by atoms with Gasteiger partial charge in [0.25, 0.3) is 0 Å². The minimum atomic E-state index is -0.601. The highest BCUT2D eigenvalue weighted by atomic mass is 32.2. The van der Waals surface area contributed by atoms with Crippen molar-refractivity contribution < 1.29 is 14.3 Å². The van der Waals surface area contributed by atoms with Gasteiger partial charge in [0.2, 0.25) is 5.91 Å². The van der Waals surface area contributed by atoms with Crippen molar-refractivity contribution in [2.24, 2.45) is 4.99 Å². The van der Waals surface area contributed by atoms with Gasteiger partial charge in [-0.2, -0.15) is 0 Å². The van der Waals surface area contributed by atoms with Crippen molar-refractivity contribution in [3.05, 3.63) is 47.2 Å². The summed E-state index contributed by atoms with van der Waals surface area (Å²) < 4.78 is 4.63. The number of amidine groups is 1. The van der Waals surface area contributed by atoms with Crippen LogP contribution in [0, 0.1) is 0 Å². The minimum Gasteiger partial charge on any atom is -0.463 e. The lowest BCUT2D eigenvalue weighted by molar-refractivity contribution is -0.139. The summed E-state index contributed by atoms with van der Waals surface area (Å²) in [5, 5.41) is 0.643. The highest BCUT2D eigenvalue weighted by Gasteiger charge is 2.51. The number of benzene rings is 1. The molecule has 0 aliphatic carbocycles. The zero-order valence-corrected chi connectivity index (χ0v) is 15.0. The maximum absolute atomic E-state index is 12.9. The highest BCUT2D eigenvalue weighted by Crippen LogP contribution is 2.47. The van der Waals surface area contributed by atoms with Crippen LogP contribution in [-0.4, -0.2) is 33.3 Å². The van der Waals surface area contributed by atoms with E-state index >= 15 is 0 Å². The first-order chi connectivity index (χ1) is 11.4. The third-order valence-electron chi connectivity index (χ3n) is 4.08. The van der Waals surface area contributed by atoms with Gasteiger partial charge >= 0.3 is 5.97 Å².